The van der Waals surface area contributed by atoms with E-state index in [0.29, 0.717) is 32.2 Å². The normalized spacial score (nSPS) is 16.6. The minimum Gasteiger partial charge on any atom is -0.755 e. The van der Waals surface area contributed by atoms with Crippen molar-refractivity contribution >= 4 is 57.2 Å². The Labute approximate surface area is 178 Å². The fraction of sp³-hybridized carbons (Fsp3) is 0.0526. The van der Waals surface area contributed by atoms with Crippen molar-refractivity contribution in [2.75, 3.05) is 4.72 Å². The maximum atomic E-state index is 12.7. The summed E-state index contributed by atoms with van der Waals surface area (Å²) in [5.74, 6) is 1.57. The lowest BCUT2D eigenvalue weighted by Crippen LogP contribution is -2.27. The second kappa shape index (κ2) is 8.37. The molecule has 2 aromatic heterocycles. The molecule has 3 heterocycles. The van der Waals surface area contributed by atoms with Gasteiger partial charge in [0.25, 0.3) is 5.91 Å². The van der Waals surface area contributed by atoms with Crippen LogP contribution in [0.5, 0.6) is 0 Å². The number of amides is 1. The van der Waals surface area contributed by atoms with Crippen LogP contribution in [0.25, 0.3) is 17.4 Å². The van der Waals surface area contributed by atoms with Crippen molar-refractivity contribution in [3.8, 4) is 11.3 Å². The molecule has 1 fully saturated rings. The minimum absolute atomic E-state index is 0.199. The van der Waals surface area contributed by atoms with E-state index in [2.05, 4.69) is 4.72 Å². The Morgan fingerprint density at radius 2 is 2.00 bits per heavy atom. The van der Waals surface area contributed by atoms with Gasteiger partial charge in [-0.05, 0) is 48.5 Å². The molecule has 1 atom stereocenters. The Kier molecular flexibility index (Phi) is 5.67. The first-order chi connectivity index (χ1) is 14.0. The summed E-state index contributed by atoms with van der Waals surface area (Å²) < 4.78 is 35.2. The lowest BCUT2D eigenvalue weighted by Gasteiger charge is -2.11. The summed E-state index contributed by atoms with van der Waals surface area (Å²) in [6.45, 7) is 0.285. The van der Waals surface area contributed by atoms with Crippen molar-refractivity contribution in [1.82, 2.24) is 4.90 Å². The fourth-order valence-corrected chi connectivity index (χ4v) is 4.27. The van der Waals surface area contributed by atoms with Crippen LogP contribution in [0, 0.1) is 0 Å². The number of thiocarbonyl (C=S) groups is 1. The third-order valence-electron chi connectivity index (χ3n) is 4.04. The highest BCUT2D eigenvalue weighted by atomic mass is 32.2. The Balaban J connectivity index is 1.49. The van der Waals surface area contributed by atoms with Crippen LogP contribution in [0.1, 0.15) is 11.5 Å². The third-order valence-corrected chi connectivity index (χ3v) is 5.82. The van der Waals surface area contributed by atoms with Gasteiger partial charge in [-0.1, -0.05) is 24.0 Å². The van der Waals surface area contributed by atoms with Gasteiger partial charge < -0.3 is 18.1 Å². The molecule has 4 rings (SSSR count). The number of thioether (sulfide) groups is 1. The van der Waals surface area contributed by atoms with E-state index in [-0.39, 0.29) is 12.5 Å². The molecule has 10 heteroatoms. The van der Waals surface area contributed by atoms with Gasteiger partial charge in [-0.25, -0.2) is 0 Å². The molecular formula is C19H13N2O5S3-. The van der Waals surface area contributed by atoms with Crippen molar-refractivity contribution in [3.63, 3.8) is 0 Å². The van der Waals surface area contributed by atoms with Gasteiger partial charge in [0.05, 0.1) is 17.7 Å². The number of nitrogens with one attached hydrogen (secondary N) is 1. The molecule has 29 heavy (non-hydrogen) atoms. The fourth-order valence-electron chi connectivity index (χ4n) is 2.71. The second-order valence-corrected chi connectivity index (χ2v) is 8.31. The quantitative estimate of drug-likeness (QED) is 0.346. The lowest BCUT2D eigenvalue weighted by atomic mass is 10.1. The Bertz CT molecular complexity index is 1100. The molecule has 0 saturated carbocycles. The highest BCUT2D eigenvalue weighted by Crippen LogP contribution is 2.34. The summed E-state index contributed by atoms with van der Waals surface area (Å²) in [5, 5.41) is 0. The first-order valence-corrected chi connectivity index (χ1v) is 10.6. The average molecular weight is 446 g/mol. The van der Waals surface area contributed by atoms with Crippen molar-refractivity contribution < 1.29 is 22.4 Å². The first kappa shape index (κ1) is 19.6. The van der Waals surface area contributed by atoms with E-state index in [1.165, 1.54) is 16.7 Å². The van der Waals surface area contributed by atoms with Gasteiger partial charge in [-0.15, -0.1) is 0 Å². The summed E-state index contributed by atoms with van der Waals surface area (Å²) in [4.78, 5) is 14.6. The molecular weight excluding hydrogens is 432 g/mol. The average Bonchev–Trinajstić information content (AvgIpc) is 3.41. The van der Waals surface area contributed by atoms with Crippen LogP contribution in [0.2, 0.25) is 0 Å². The molecule has 1 aliphatic rings. The molecule has 1 aliphatic heterocycles. The maximum absolute atomic E-state index is 12.7. The minimum atomic E-state index is -2.37. The number of nitrogens with zero attached hydrogens (tertiary/aromatic N) is 1. The molecule has 1 unspecified atom stereocenters. The van der Waals surface area contributed by atoms with Crippen LogP contribution in [0.3, 0.4) is 0 Å². The van der Waals surface area contributed by atoms with Crippen molar-refractivity contribution in [2.45, 2.75) is 6.54 Å². The van der Waals surface area contributed by atoms with Crippen LogP contribution >= 0.6 is 24.0 Å². The third kappa shape index (κ3) is 4.51. The summed E-state index contributed by atoms with van der Waals surface area (Å²) in [5.41, 5.74) is 1.23. The van der Waals surface area contributed by atoms with E-state index >= 15 is 0 Å². The van der Waals surface area contributed by atoms with E-state index in [9.17, 15) is 13.6 Å². The smallest absolute Gasteiger partial charge is 0.266 e. The van der Waals surface area contributed by atoms with Gasteiger partial charge in [-0.2, -0.15) is 0 Å². The summed E-state index contributed by atoms with van der Waals surface area (Å²) >= 11 is 4.15. The molecule has 1 amide bonds. The predicted molar refractivity (Wildman–Crippen MR) is 114 cm³/mol. The van der Waals surface area contributed by atoms with Gasteiger partial charge in [-0.3, -0.25) is 13.9 Å². The highest BCUT2D eigenvalue weighted by Gasteiger charge is 2.32. The number of furan rings is 2. The van der Waals surface area contributed by atoms with Crippen LogP contribution < -0.4 is 4.72 Å². The highest BCUT2D eigenvalue weighted by molar-refractivity contribution is 8.26. The standard InChI is InChI=1S/C19H14N2O5S3/c22-18-17(28-19(27)21(18)11-15-2-1-9-25-15)10-14-7-8-16(26-14)12-3-5-13(6-4-12)20-29(23)24/h1-10,20H,11H2,(H,23,24)/p-1/b17-10+. The van der Waals surface area contributed by atoms with Gasteiger partial charge in [0.2, 0.25) is 0 Å². The van der Waals surface area contributed by atoms with Crippen molar-refractivity contribution in [3.05, 3.63) is 71.2 Å². The second-order valence-electron chi connectivity index (χ2n) is 5.96. The molecule has 3 aromatic rings. The number of carbonyl (C=O) groups excluding carboxylic acids is 1. The van der Waals surface area contributed by atoms with E-state index in [0.717, 1.165) is 5.56 Å². The largest absolute Gasteiger partial charge is 0.755 e. The number of carbonyl (C=O) groups is 1. The van der Waals surface area contributed by atoms with Gasteiger partial charge in [0.15, 0.2) is 0 Å². The predicted octanol–water partition coefficient (Wildman–Crippen LogP) is 4.15. The number of anilines is 1. The van der Waals surface area contributed by atoms with Crippen LogP contribution in [0.4, 0.5) is 5.69 Å². The van der Waals surface area contributed by atoms with Gasteiger partial charge >= 0.3 is 0 Å². The van der Waals surface area contributed by atoms with E-state index in [4.69, 9.17) is 21.1 Å². The molecule has 148 valence electrons. The Morgan fingerprint density at radius 1 is 1.21 bits per heavy atom. The molecule has 1 saturated heterocycles. The lowest BCUT2D eigenvalue weighted by molar-refractivity contribution is -0.122. The molecule has 0 radical (unpaired) electrons. The number of benzene rings is 1. The topological polar surface area (TPSA) is 98.8 Å². The van der Waals surface area contributed by atoms with E-state index < -0.39 is 11.3 Å². The molecule has 1 aromatic carbocycles. The summed E-state index contributed by atoms with van der Waals surface area (Å²) in [6, 6.07) is 13.8. The summed E-state index contributed by atoms with van der Waals surface area (Å²) in [6.07, 6.45) is 3.21. The Morgan fingerprint density at radius 3 is 2.69 bits per heavy atom. The molecule has 0 bridgehead atoms. The Hall–Kier alpha value is -2.66. The van der Waals surface area contributed by atoms with Crippen molar-refractivity contribution in [1.29, 1.82) is 0 Å². The monoisotopic (exact) mass is 445 g/mol. The molecule has 0 spiro atoms. The van der Waals surface area contributed by atoms with E-state index in [1.54, 1.807) is 60.9 Å². The van der Waals surface area contributed by atoms with Crippen LogP contribution in [-0.2, 0) is 22.6 Å². The molecule has 1 N–H and O–H groups in total. The SMILES string of the molecule is O=C1/C(=C\c2ccc(-c3ccc(NS(=O)[O-])cc3)o2)SC(=S)N1Cc1ccco1. The van der Waals surface area contributed by atoms with Gasteiger partial charge in [0, 0.05) is 28.6 Å². The van der Waals surface area contributed by atoms with Gasteiger partial charge in [0.1, 0.15) is 21.6 Å². The number of hydrogen-bond donors (Lipinski definition) is 1. The van der Waals surface area contributed by atoms with Crippen LogP contribution in [-0.4, -0.2) is 23.9 Å². The van der Waals surface area contributed by atoms with E-state index in [1.807, 2.05) is 0 Å². The maximum Gasteiger partial charge on any atom is 0.266 e. The number of hydrogen-bond acceptors (Lipinski definition) is 7. The van der Waals surface area contributed by atoms with Crippen molar-refractivity contribution in [2.24, 2.45) is 0 Å². The zero-order valence-corrected chi connectivity index (χ0v) is 17.1. The van der Waals surface area contributed by atoms with Crippen LogP contribution in [0.15, 0.2) is 68.5 Å². The summed E-state index contributed by atoms with van der Waals surface area (Å²) in [7, 11) is 0. The molecule has 0 aliphatic carbocycles. The first-order valence-electron chi connectivity index (χ1n) is 8.33. The zero-order valence-electron chi connectivity index (χ0n) is 14.7. The number of rotatable bonds is 6. The molecule has 7 nitrogen and oxygen atoms in total. The zero-order chi connectivity index (χ0) is 20.4.